The molecule has 0 amide bonds. The van der Waals surface area contributed by atoms with Gasteiger partial charge in [-0.2, -0.15) is 10.5 Å². The molecule has 1 spiro atoms. The number of aromatic nitrogens is 3. The number of rotatable bonds is 2. The first kappa shape index (κ1) is 31.2. The molecule has 6 aromatic carbocycles. The molecular formula is C49H26N6O2. The van der Waals surface area contributed by atoms with E-state index in [0.29, 0.717) is 22.6 Å². The lowest BCUT2D eigenvalue weighted by molar-refractivity contribution is 0.436. The summed E-state index contributed by atoms with van der Waals surface area (Å²) in [6, 6.07) is 53.2. The third-order valence-electron chi connectivity index (χ3n) is 11.6. The molecule has 0 saturated heterocycles. The molecule has 0 N–H and O–H groups in total. The Labute approximate surface area is 326 Å². The van der Waals surface area contributed by atoms with Crippen LogP contribution in [0.2, 0.25) is 0 Å². The van der Waals surface area contributed by atoms with E-state index < -0.39 is 5.41 Å². The quantitative estimate of drug-likeness (QED) is 0.174. The van der Waals surface area contributed by atoms with Crippen molar-refractivity contribution in [1.82, 2.24) is 14.5 Å². The summed E-state index contributed by atoms with van der Waals surface area (Å²) in [6.45, 7) is 0. The normalized spacial score (nSPS) is 13.6. The molecule has 2 aliphatic heterocycles. The van der Waals surface area contributed by atoms with Gasteiger partial charge in [0.05, 0.1) is 68.2 Å². The van der Waals surface area contributed by atoms with Crippen LogP contribution in [0.25, 0.3) is 38.9 Å². The highest BCUT2D eigenvalue weighted by Crippen LogP contribution is 2.65. The molecule has 0 saturated carbocycles. The summed E-state index contributed by atoms with van der Waals surface area (Å²) < 4.78 is 15.8. The minimum atomic E-state index is -0.877. The molecule has 0 fully saturated rings. The Bertz CT molecular complexity index is 3150. The minimum absolute atomic E-state index is 0.554. The molecule has 0 atom stereocenters. The van der Waals surface area contributed by atoms with Crippen LogP contribution in [0.4, 0.5) is 17.1 Å². The first-order chi connectivity index (χ1) is 28.2. The highest BCUT2D eigenvalue weighted by Gasteiger charge is 2.54. The van der Waals surface area contributed by atoms with Crippen molar-refractivity contribution in [2.75, 3.05) is 4.90 Å². The number of nitrogens with zero attached hydrogens (tertiary/aromatic N) is 6. The first-order valence-electron chi connectivity index (χ1n) is 18.6. The van der Waals surface area contributed by atoms with E-state index in [1.807, 2.05) is 109 Å². The van der Waals surface area contributed by atoms with Crippen molar-refractivity contribution in [3.63, 3.8) is 0 Å². The van der Waals surface area contributed by atoms with Crippen LogP contribution in [0.3, 0.4) is 0 Å². The molecule has 0 radical (unpaired) electrons. The minimum Gasteiger partial charge on any atom is -0.457 e. The number of fused-ring (bicyclic) bond motifs is 14. The third-order valence-corrected chi connectivity index (χ3v) is 11.6. The second-order valence-electron chi connectivity index (χ2n) is 14.4. The topological polar surface area (TPSA) is 100.0 Å². The van der Waals surface area contributed by atoms with Crippen molar-refractivity contribution in [2.24, 2.45) is 0 Å². The van der Waals surface area contributed by atoms with Gasteiger partial charge in [0, 0.05) is 46.0 Å². The van der Waals surface area contributed by atoms with Crippen molar-refractivity contribution in [2.45, 2.75) is 5.41 Å². The molecule has 8 heteroatoms. The van der Waals surface area contributed by atoms with E-state index in [4.69, 9.17) is 19.4 Å². The molecule has 12 rings (SSSR count). The zero-order valence-electron chi connectivity index (χ0n) is 30.0. The lowest BCUT2D eigenvalue weighted by Crippen LogP contribution is -2.34. The Hall–Kier alpha value is -8.20. The van der Waals surface area contributed by atoms with Crippen molar-refractivity contribution in [1.29, 1.82) is 10.5 Å². The molecule has 9 aromatic rings. The van der Waals surface area contributed by atoms with E-state index in [0.717, 1.165) is 89.7 Å². The monoisotopic (exact) mass is 730 g/mol. The van der Waals surface area contributed by atoms with E-state index in [1.165, 1.54) is 0 Å². The zero-order chi connectivity index (χ0) is 37.8. The summed E-state index contributed by atoms with van der Waals surface area (Å²) in [5.74, 6) is 2.93. The van der Waals surface area contributed by atoms with Gasteiger partial charge >= 0.3 is 0 Å². The standard InChI is InChI=1S/C49H26N6O2/c50-27-29-16-20-37-32(24-29)33-25-30(28-51)17-21-38(33)54(37)31-18-19-34-45(26-31)57-44-15-5-12-41(55-39-10-1-3-13-42(39)56-43-14-4-2-11-40(43)55)46(44)49(34)35-8-6-22-52-47(35)48-36(49)9-7-23-53-48/h1-26H. The molecule has 1 aliphatic carbocycles. The van der Waals surface area contributed by atoms with Gasteiger partial charge in [0.2, 0.25) is 0 Å². The van der Waals surface area contributed by atoms with Gasteiger partial charge in [0.25, 0.3) is 0 Å². The Kier molecular flexibility index (Phi) is 6.24. The van der Waals surface area contributed by atoms with Crippen molar-refractivity contribution in [3.8, 4) is 52.2 Å². The maximum Gasteiger partial charge on any atom is 0.151 e. The third kappa shape index (κ3) is 4.08. The smallest absolute Gasteiger partial charge is 0.151 e. The number of anilines is 3. The van der Waals surface area contributed by atoms with Crippen LogP contribution in [0.15, 0.2) is 158 Å². The lowest BCUT2D eigenvalue weighted by Gasteiger charge is -2.43. The van der Waals surface area contributed by atoms with E-state index in [-0.39, 0.29) is 0 Å². The fourth-order valence-corrected chi connectivity index (χ4v) is 9.37. The molecule has 8 nitrogen and oxygen atoms in total. The van der Waals surface area contributed by atoms with Crippen LogP contribution in [0, 0.1) is 22.7 Å². The fraction of sp³-hybridized carbons (Fsp3) is 0.0204. The Morgan fingerprint density at radius 1 is 0.491 bits per heavy atom. The Morgan fingerprint density at radius 3 is 1.67 bits per heavy atom. The van der Waals surface area contributed by atoms with Gasteiger partial charge in [-0.05, 0) is 102 Å². The van der Waals surface area contributed by atoms with Gasteiger partial charge < -0.3 is 18.9 Å². The Balaban J connectivity index is 1.17. The Morgan fingerprint density at radius 2 is 1.05 bits per heavy atom. The molecule has 0 bridgehead atoms. The summed E-state index contributed by atoms with van der Waals surface area (Å²) >= 11 is 0. The van der Waals surface area contributed by atoms with Crippen LogP contribution in [-0.4, -0.2) is 14.5 Å². The van der Waals surface area contributed by atoms with Crippen LogP contribution in [-0.2, 0) is 5.41 Å². The average molecular weight is 731 g/mol. The maximum atomic E-state index is 9.80. The van der Waals surface area contributed by atoms with Crippen LogP contribution < -0.4 is 14.4 Å². The van der Waals surface area contributed by atoms with Crippen molar-refractivity contribution >= 4 is 38.9 Å². The highest BCUT2D eigenvalue weighted by molar-refractivity contribution is 6.10. The van der Waals surface area contributed by atoms with E-state index in [9.17, 15) is 10.5 Å². The van der Waals surface area contributed by atoms with Gasteiger partial charge in [0.15, 0.2) is 11.5 Å². The summed E-state index contributed by atoms with van der Waals surface area (Å²) in [7, 11) is 0. The van der Waals surface area contributed by atoms with Gasteiger partial charge in [-0.15, -0.1) is 0 Å². The number of hydrogen-bond acceptors (Lipinski definition) is 7. The zero-order valence-corrected chi connectivity index (χ0v) is 30.0. The second kappa shape index (κ2) is 11.4. The van der Waals surface area contributed by atoms with Crippen molar-refractivity contribution in [3.05, 3.63) is 191 Å². The number of pyridine rings is 2. The molecular weight excluding hydrogens is 705 g/mol. The van der Waals surface area contributed by atoms with Gasteiger partial charge in [-0.1, -0.05) is 48.5 Å². The predicted molar refractivity (Wildman–Crippen MR) is 218 cm³/mol. The van der Waals surface area contributed by atoms with Crippen LogP contribution in [0.5, 0.6) is 23.0 Å². The van der Waals surface area contributed by atoms with Crippen LogP contribution >= 0.6 is 0 Å². The maximum absolute atomic E-state index is 9.80. The van der Waals surface area contributed by atoms with E-state index >= 15 is 0 Å². The van der Waals surface area contributed by atoms with E-state index in [1.54, 1.807) is 0 Å². The van der Waals surface area contributed by atoms with E-state index in [2.05, 4.69) is 70.1 Å². The predicted octanol–water partition coefficient (Wildman–Crippen LogP) is 11.4. The average Bonchev–Trinajstić information content (AvgIpc) is 3.75. The number of para-hydroxylation sites is 4. The number of hydrogen-bond donors (Lipinski definition) is 0. The fourth-order valence-electron chi connectivity index (χ4n) is 9.37. The first-order valence-corrected chi connectivity index (χ1v) is 18.6. The van der Waals surface area contributed by atoms with Crippen LogP contribution in [0.1, 0.15) is 33.4 Å². The summed E-state index contributed by atoms with van der Waals surface area (Å²) in [5, 5.41) is 21.4. The molecule has 0 unspecified atom stereocenters. The largest absolute Gasteiger partial charge is 0.457 e. The lowest BCUT2D eigenvalue weighted by atomic mass is 9.65. The summed E-state index contributed by atoms with van der Waals surface area (Å²) in [4.78, 5) is 12.2. The van der Waals surface area contributed by atoms with Gasteiger partial charge in [-0.3, -0.25) is 9.97 Å². The number of ether oxygens (including phenoxy) is 2. The number of benzene rings is 6. The molecule has 264 valence electrons. The second-order valence-corrected chi connectivity index (χ2v) is 14.4. The SMILES string of the molecule is N#Cc1ccc2c(c1)c1cc(C#N)ccc1n2-c1ccc2c(c1)Oc1cccc(N3c4ccccc4Oc4ccccc43)c1C21c2cccnc2-c2ncccc21. The summed E-state index contributed by atoms with van der Waals surface area (Å²) in [5.41, 5.74) is 11.4. The molecule has 5 heterocycles. The highest BCUT2D eigenvalue weighted by atomic mass is 16.5. The number of nitriles is 2. The van der Waals surface area contributed by atoms with Crippen molar-refractivity contribution < 1.29 is 9.47 Å². The molecule has 57 heavy (non-hydrogen) atoms. The van der Waals surface area contributed by atoms with Gasteiger partial charge in [-0.25, -0.2) is 0 Å². The van der Waals surface area contributed by atoms with Gasteiger partial charge in [0.1, 0.15) is 11.5 Å². The summed E-state index contributed by atoms with van der Waals surface area (Å²) in [6.07, 6.45) is 3.66. The molecule has 3 aliphatic rings. The molecule has 3 aromatic heterocycles.